The number of phenolic OH excluding ortho intramolecular Hbond substituents is 1. The van der Waals surface area contributed by atoms with Gasteiger partial charge in [-0.05, 0) is 40.6 Å². The van der Waals surface area contributed by atoms with Crippen LogP contribution in [0, 0.1) is 0 Å². The second-order valence-corrected chi connectivity index (χ2v) is 3.46. The molecule has 80 valence electrons. The molecule has 0 aliphatic heterocycles. The number of carboxylic acids is 1. The van der Waals surface area contributed by atoms with Gasteiger partial charge in [0, 0.05) is 6.08 Å². The Morgan fingerprint density at radius 2 is 1.75 bits per heavy atom. The van der Waals surface area contributed by atoms with Crippen LogP contribution < -0.4 is 0 Å². The molecule has 2 aromatic carbocycles. The van der Waals surface area contributed by atoms with Gasteiger partial charge in [-0.15, -0.1) is 0 Å². The SMILES string of the molecule is O=C(O)C=Cc1ccc2cc(O)ccc2c1. The molecule has 0 bridgehead atoms. The number of aliphatic carboxylic acids is 1. The minimum absolute atomic E-state index is 0.223. The summed E-state index contributed by atoms with van der Waals surface area (Å²) in [5.74, 6) is -0.743. The maximum atomic E-state index is 10.4. The van der Waals surface area contributed by atoms with Crippen LogP contribution in [0.3, 0.4) is 0 Å². The quantitative estimate of drug-likeness (QED) is 0.755. The molecule has 0 fully saturated rings. The molecular formula is C13H10O3. The third-order valence-corrected chi connectivity index (χ3v) is 2.27. The Labute approximate surface area is 92.3 Å². The largest absolute Gasteiger partial charge is 0.508 e. The van der Waals surface area contributed by atoms with Crippen molar-refractivity contribution in [3.05, 3.63) is 48.0 Å². The molecule has 0 saturated heterocycles. The van der Waals surface area contributed by atoms with Crippen molar-refractivity contribution in [1.82, 2.24) is 0 Å². The first-order valence-corrected chi connectivity index (χ1v) is 4.79. The Morgan fingerprint density at radius 3 is 2.50 bits per heavy atom. The Morgan fingerprint density at radius 1 is 1.06 bits per heavy atom. The molecule has 0 aromatic heterocycles. The highest BCUT2D eigenvalue weighted by Gasteiger charge is 1.96. The van der Waals surface area contributed by atoms with E-state index in [9.17, 15) is 9.90 Å². The van der Waals surface area contributed by atoms with Crippen LogP contribution in [-0.4, -0.2) is 16.2 Å². The lowest BCUT2D eigenvalue weighted by atomic mass is 10.1. The molecule has 0 unspecified atom stereocenters. The van der Waals surface area contributed by atoms with Crippen LogP contribution in [0.2, 0.25) is 0 Å². The predicted octanol–water partition coefficient (Wildman–Crippen LogP) is 2.64. The van der Waals surface area contributed by atoms with E-state index in [1.54, 1.807) is 24.3 Å². The highest BCUT2D eigenvalue weighted by Crippen LogP contribution is 2.21. The molecule has 2 N–H and O–H groups in total. The summed E-state index contributed by atoms with van der Waals surface area (Å²) in [5, 5.41) is 19.7. The molecule has 0 heterocycles. The topological polar surface area (TPSA) is 57.5 Å². The van der Waals surface area contributed by atoms with E-state index in [0.717, 1.165) is 22.4 Å². The summed E-state index contributed by atoms with van der Waals surface area (Å²) in [6.07, 6.45) is 2.64. The second kappa shape index (κ2) is 4.06. The number of fused-ring (bicyclic) bond motifs is 1. The van der Waals surface area contributed by atoms with Crippen LogP contribution >= 0.6 is 0 Å². The van der Waals surface area contributed by atoms with Gasteiger partial charge in [-0.1, -0.05) is 18.2 Å². The van der Waals surface area contributed by atoms with Gasteiger partial charge >= 0.3 is 5.97 Å². The summed E-state index contributed by atoms with van der Waals surface area (Å²) in [6.45, 7) is 0. The van der Waals surface area contributed by atoms with Crippen LogP contribution in [0.15, 0.2) is 42.5 Å². The van der Waals surface area contributed by atoms with Gasteiger partial charge in [0.15, 0.2) is 0 Å². The molecule has 0 atom stereocenters. The molecule has 0 amide bonds. The zero-order chi connectivity index (χ0) is 11.5. The summed E-state index contributed by atoms with van der Waals surface area (Å²) in [5.41, 5.74) is 0.820. The Kier molecular flexibility index (Phi) is 2.60. The van der Waals surface area contributed by atoms with Crippen molar-refractivity contribution in [1.29, 1.82) is 0 Å². The average molecular weight is 214 g/mol. The van der Waals surface area contributed by atoms with E-state index in [0.29, 0.717) is 0 Å². The average Bonchev–Trinajstić information content (AvgIpc) is 2.26. The van der Waals surface area contributed by atoms with E-state index >= 15 is 0 Å². The molecular weight excluding hydrogens is 204 g/mol. The number of benzene rings is 2. The predicted molar refractivity (Wildman–Crippen MR) is 62.3 cm³/mol. The summed E-state index contributed by atoms with van der Waals surface area (Å²) in [7, 11) is 0. The van der Waals surface area contributed by atoms with Crippen molar-refractivity contribution in [2.45, 2.75) is 0 Å². The third kappa shape index (κ3) is 2.20. The monoisotopic (exact) mass is 214 g/mol. The van der Waals surface area contributed by atoms with Crippen LogP contribution in [-0.2, 0) is 4.79 Å². The number of rotatable bonds is 2. The number of carboxylic acid groups (broad SMARTS) is 1. The van der Waals surface area contributed by atoms with Crippen molar-refractivity contribution in [2.24, 2.45) is 0 Å². The van der Waals surface area contributed by atoms with Crippen LogP contribution in [0.4, 0.5) is 0 Å². The van der Waals surface area contributed by atoms with Crippen molar-refractivity contribution >= 4 is 22.8 Å². The lowest BCUT2D eigenvalue weighted by Gasteiger charge is -2.00. The molecule has 3 nitrogen and oxygen atoms in total. The van der Waals surface area contributed by atoms with Crippen molar-refractivity contribution < 1.29 is 15.0 Å². The van der Waals surface area contributed by atoms with Gasteiger partial charge in [-0.3, -0.25) is 0 Å². The highest BCUT2D eigenvalue weighted by atomic mass is 16.4. The van der Waals surface area contributed by atoms with Gasteiger partial charge < -0.3 is 10.2 Å². The summed E-state index contributed by atoms with van der Waals surface area (Å²) in [4.78, 5) is 10.4. The molecule has 2 aromatic rings. The zero-order valence-corrected chi connectivity index (χ0v) is 8.42. The highest BCUT2D eigenvalue weighted by molar-refractivity contribution is 5.89. The Bertz CT molecular complexity index is 570. The van der Waals surface area contributed by atoms with Gasteiger partial charge in [0.05, 0.1) is 0 Å². The fraction of sp³-hybridized carbons (Fsp3) is 0. The van der Waals surface area contributed by atoms with Gasteiger partial charge in [-0.2, -0.15) is 0 Å². The third-order valence-electron chi connectivity index (χ3n) is 2.27. The van der Waals surface area contributed by atoms with Crippen LogP contribution in [0.1, 0.15) is 5.56 Å². The molecule has 0 aliphatic rings. The van der Waals surface area contributed by atoms with E-state index in [4.69, 9.17) is 5.11 Å². The number of phenols is 1. The molecule has 2 rings (SSSR count). The molecule has 0 radical (unpaired) electrons. The summed E-state index contributed by atoms with van der Waals surface area (Å²) < 4.78 is 0. The van der Waals surface area contributed by atoms with Gasteiger partial charge in [-0.25, -0.2) is 4.79 Å². The molecule has 0 saturated carbocycles. The van der Waals surface area contributed by atoms with E-state index in [-0.39, 0.29) is 5.75 Å². The summed E-state index contributed by atoms with van der Waals surface area (Å²) >= 11 is 0. The van der Waals surface area contributed by atoms with Crippen molar-refractivity contribution in [3.8, 4) is 5.75 Å². The van der Waals surface area contributed by atoms with Gasteiger partial charge in [0.2, 0.25) is 0 Å². The summed E-state index contributed by atoms with van der Waals surface area (Å²) in [6, 6.07) is 10.6. The maximum absolute atomic E-state index is 10.4. The van der Waals surface area contributed by atoms with Crippen LogP contribution in [0.5, 0.6) is 5.75 Å². The number of aromatic hydroxyl groups is 1. The minimum Gasteiger partial charge on any atom is -0.508 e. The first-order chi connectivity index (χ1) is 7.65. The van der Waals surface area contributed by atoms with E-state index in [1.807, 2.05) is 12.1 Å². The first-order valence-electron chi connectivity index (χ1n) is 4.79. The molecule has 0 spiro atoms. The number of hydrogen-bond acceptors (Lipinski definition) is 2. The lowest BCUT2D eigenvalue weighted by Crippen LogP contribution is -1.85. The second-order valence-electron chi connectivity index (χ2n) is 3.46. The Balaban J connectivity index is 2.44. The van der Waals surface area contributed by atoms with Gasteiger partial charge in [0.1, 0.15) is 5.75 Å². The molecule has 0 aliphatic carbocycles. The normalized spacial score (nSPS) is 11.0. The number of hydrogen-bond donors (Lipinski definition) is 2. The Hall–Kier alpha value is -2.29. The fourth-order valence-electron chi connectivity index (χ4n) is 1.52. The minimum atomic E-state index is -0.967. The van der Waals surface area contributed by atoms with Gasteiger partial charge in [0.25, 0.3) is 0 Å². The fourth-order valence-corrected chi connectivity index (χ4v) is 1.52. The maximum Gasteiger partial charge on any atom is 0.328 e. The van der Waals surface area contributed by atoms with Crippen molar-refractivity contribution in [2.75, 3.05) is 0 Å². The van der Waals surface area contributed by atoms with Crippen LogP contribution in [0.25, 0.3) is 16.8 Å². The lowest BCUT2D eigenvalue weighted by molar-refractivity contribution is -0.131. The standard InChI is InChI=1S/C13H10O3/c14-12-5-4-10-7-9(2-6-13(15)16)1-3-11(10)8-12/h1-8,14H,(H,15,16). The molecule has 16 heavy (non-hydrogen) atoms. The van der Waals surface area contributed by atoms with Crippen molar-refractivity contribution in [3.63, 3.8) is 0 Å². The van der Waals surface area contributed by atoms with E-state index in [2.05, 4.69) is 0 Å². The first kappa shape index (κ1) is 10.2. The molecule has 3 heteroatoms. The zero-order valence-electron chi connectivity index (χ0n) is 8.42. The number of carbonyl (C=O) groups is 1. The smallest absolute Gasteiger partial charge is 0.328 e. The van der Waals surface area contributed by atoms with E-state index in [1.165, 1.54) is 6.08 Å². The van der Waals surface area contributed by atoms with E-state index < -0.39 is 5.97 Å².